The van der Waals surface area contributed by atoms with Gasteiger partial charge in [-0.2, -0.15) is 13.2 Å². The average molecular weight is 581 g/mol. The van der Waals surface area contributed by atoms with E-state index in [9.17, 15) is 18.0 Å². The van der Waals surface area contributed by atoms with Crippen LogP contribution >= 0.6 is 23.2 Å². The number of piperidine rings is 1. The lowest BCUT2D eigenvalue weighted by Gasteiger charge is -2.38. The molecule has 39 heavy (non-hydrogen) atoms. The molecule has 1 aromatic carbocycles. The van der Waals surface area contributed by atoms with Gasteiger partial charge in [-0.15, -0.1) is 0 Å². The molecule has 6 rings (SSSR count). The van der Waals surface area contributed by atoms with E-state index in [1.54, 1.807) is 23.1 Å². The second-order valence-electron chi connectivity index (χ2n) is 10.3. The fraction of sp³-hybridized carbons (Fsp3) is 0.444. The third-order valence-corrected chi connectivity index (χ3v) is 8.30. The van der Waals surface area contributed by atoms with Gasteiger partial charge in [-0.05, 0) is 56.7 Å². The van der Waals surface area contributed by atoms with Crippen LogP contribution in [0, 0.1) is 0 Å². The molecule has 1 saturated carbocycles. The minimum absolute atomic E-state index is 0.0124. The summed E-state index contributed by atoms with van der Waals surface area (Å²) in [7, 11) is 0. The van der Waals surface area contributed by atoms with Gasteiger partial charge in [0.1, 0.15) is 11.5 Å². The molecule has 2 saturated heterocycles. The Bertz CT molecular complexity index is 1360. The number of halogens is 5. The molecule has 4 heterocycles. The van der Waals surface area contributed by atoms with Gasteiger partial charge in [-0.1, -0.05) is 34.4 Å². The number of nitrogens with one attached hydrogen (secondary N) is 1. The Balaban J connectivity index is 1.14. The van der Waals surface area contributed by atoms with Gasteiger partial charge in [0, 0.05) is 35.3 Å². The highest BCUT2D eigenvalue weighted by atomic mass is 35.5. The number of ether oxygens (including phenoxy) is 1. The number of nitrogens with zero attached hydrogens (tertiary/aromatic N) is 3. The lowest BCUT2D eigenvalue weighted by atomic mass is 9.99. The molecule has 0 spiro atoms. The first kappa shape index (κ1) is 26.4. The summed E-state index contributed by atoms with van der Waals surface area (Å²) in [6, 6.07) is 5.61. The van der Waals surface area contributed by atoms with Crippen LogP contribution in [-0.4, -0.2) is 39.3 Å². The second kappa shape index (κ2) is 10.3. The van der Waals surface area contributed by atoms with Crippen molar-refractivity contribution in [2.24, 2.45) is 0 Å². The Hall–Kier alpha value is -2.82. The number of aromatic nitrogens is 2. The normalized spacial score (nSPS) is 22.8. The Morgan fingerprint density at radius 2 is 1.79 bits per heavy atom. The maximum atomic E-state index is 13.1. The number of alkyl halides is 3. The molecule has 3 fully saturated rings. The van der Waals surface area contributed by atoms with E-state index < -0.39 is 17.8 Å². The van der Waals surface area contributed by atoms with Gasteiger partial charge in [0.15, 0.2) is 0 Å². The van der Waals surface area contributed by atoms with Gasteiger partial charge in [-0.25, -0.2) is 4.79 Å². The maximum Gasteiger partial charge on any atom is 0.417 e. The van der Waals surface area contributed by atoms with Crippen molar-refractivity contribution in [3.63, 3.8) is 0 Å². The Morgan fingerprint density at radius 3 is 2.44 bits per heavy atom. The van der Waals surface area contributed by atoms with E-state index in [-0.39, 0.29) is 30.5 Å². The number of fused-ring (bicyclic) bond motifs is 2. The summed E-state index contributed by atoms with van der Waals surface area (Å²) >= 11 is 12.9. The van der Waals surface area contributed by atoms with Crippen LogP contribution in [0.2, 0.25) is 10.0 Å². The molecule has 3 aromatic rings. The van der Waals surface area contributed by atoms with Gasteiger partial charge >= 0.3 is 12.2 Å². The first-order valence-electron chi connectivity index (χ1n) is 12.8. The number of carbonyl (C=O) groups is 1. The summed E-state index contributed by atoms with van der Waals surface area (Å²) in [4.78, 5) is 18.4. The molecular weight excluding hydrogens is 556 g/mol. The van der Waals surface area contributed by atoms with Gasteiger partial charge in [0.05, 0.1) is 40.2 Å². The molecule has 2 aromatic heterocycles. The predicted molar refractivity (Wildman–Crippen MR) is 139 cm³/mol. The van der Waals surface area contributed by atoms with Gasteiger partial charge in [0.25, 0.3) is 0 Å². The van der Waals surface area contributed by atoms with Crippen molar-refractivity contribution in [3.8, 4) is 11.3 Å². The van der Waals surface area contributed by atoms with Crippen molar-refractivity contribution >= 4 is 34.9 Å². The topological polar surface area (TPSA) is 80.5 Å². The summed E-state index contributed by atoms with van der Waals surface area (Å²) in [6.45, 7) is 0.276. The van der Waals surface area contributed by atoms with E-state index in [2.05, 4.69) is 15.5 Å². The maximum absolute atomic E-state index is 13.1. The number of urea groups is 1. The second-order valence-corrected chi connectivity index (χ2v) is 11.1. The number of hydrogen-bond acceptors (Lipinski definition) is 5. The van der Waals surface area contributed by atoms with Crippen molar-refractivity contribution < 1.29 is 27.2 Å². The zero-order valence-corrected chi connectivity index (χ0v) is 22.2. The van der Waals surface area contributed by atoms with Crippen molar-refractivity contribution in [2.75, 3.05) is 5.32 Å². The summed E-state index contributed by atoms with van der Waals surface area (Å²) in [5, 5.41) is 7.87. The van der Waals surface area contributed by atoms with Crippen molar-refractivity contribution in [1.82, 2.24) is 15.0 Å². The molecular formula is C27H25Cl2F3N4O3. The highest BCUT2D eigenvalue weighted by Gasteiger charge is 2.44. The van der Waals surface area contributed by atoms with Crippen molar-refractivity contribution in [2.45, 2.75) is 75.4 Å². The molecule has 2 atom stereocenters. The molecule has 7 nitrogen and oxygen atoms in total. The van der Waals surface area contributed by atoms with Gasteiger partial charge < -0.3 is 19.5 Å². The van der Waals surface area contributed by atoms with E-state index in [0.29, 0.717) is 40.1 Å². The Kier molecular flexibility index (Phi) is 6.97. The number of amides is 2. The van der Waals surface area contributed by atoms with Crippen LogP contribution in [-0.2, 0) is 17.5 Å². The van der Waals surface area contributed by atoms with Crippen LogP contribution < -0.4 is 5.32 Å². The highest BCUT2D eigenvalue weighted by Crippen LogP contribution is 2.46. The first-order valence-corrected chi connectivity index (χ1v) is 13.6. The Morgan fingerprint density at radius 1 is 1.10 bits per heavy atom. The van der Waals surface area contributed by atoms with Gasteiger partial charge in [-0.3, -0.25) is 4.98 Å². The molecule has 1 N–H and O–H groups in total. The molecule has 0 radical (unpaired) electrons. The molecule has 12 heteroatoms. The minimum Gasteiger partial charge on any atom is -0.373 e. The molecule has 2 bridgehead atoms. The average Bonchev–Trinajstić information content (AvgIpc) is 3.59. The summed E-state index contributed by atoms with van der Waals surface area (Å²) in [5.41, 5.74) is 1.15. The predicted octanol–water partition coefficient (Wildman–Crippen LogP) is 7.68. The van der Waals surface area contributed by atoms with E-state index in [4.69, 9.17) is 32.5 Å². The van der Waals surface area contributed by atoms with Crippen LogP contribution in [0.4, 0.5) is 23.7 Å². The van der Waals surface area contributed by atoms with E-state index in [0.717, 1.165) is 49.3 Å². The molecule has 2 amide bonds. The lowest BCUT2D eigenvalue weighted by molar-refractivity contribution is -0.137. The van der Waals surface area contributed by atoms with Crippen LogP contribution in [0.3, 0.4) is 0 Å². The number of hydrogen-bond donors (Lipinski definition) is 1. The largest absolute Gasteiger partial charge is 0.417 e. The zero-order valence-electron chi connectivity index (χ0n) is 20.7. The van der Waals surface area contributed by atoms with E-state index in [1.807, 2.05) is 0 Å². The van der Waals surface area contributed by atoms with E-state index in [1.165, 1.54) is 6.20 Å². The molecule has 206 valence electrons. The zero-order chi connectivity index (χ0) is 27.3. The standard InChI is InChI=1S/C27H25Cl2F3N4O3/c28-21-2-1-3-22(29)23(21)24-20(25(39-35-24)14-4-5-14)13-38-19-9-17-6-7-18(10-19)36(17)26(37)34-16-8-15(11-33-12-16)27(30,31)32/h1-3,8,11-12,14,17-19H,4-7,9-10,13H2,(H,34,37). The molecule has 3 aliphatic rings. The summed E-state index contributed by atoms with van der Waals surface area (Å²) < 4.78 is 51.3. The lowest BCUT2D eigenvalue weighted by Crippen LogP contribution is -2.50. The number of pyridine rings is 1. The molecule has 1 aliphatic carbocycles. The summed E-state index contributed by atoms with van der Waals surface area (Å²) in [6.07, 6.45) is 2.21. The minimum atomic E-state index is -4.54. The third kappa shape index (κ3) is 5.34. The monoisotopic (exact) mass is 580 g/mol. The SMILES string of the molecule is O=C(Nc1cncc(C(F)(F)F)c1)N1C2CCC1CC(OCc1c(-c3c(Cl)cccc3Cl)noc1C1CC1)C2. The fourth-order valence-electron chi connectivity index (χ4n) is 5.70. The van der Waals surface area contributed by atoms with Gasteiger partial charge in [0.2, 0.25) is 0 Å². The highest BCUT2D eigenvalue weighted by molar-refractivity contribution is 6.39. The van der Waals surface area contributed by atoms with Crippen LogP contribution in [0.25, 0.3) is 11.3 Å². The quantitative estimate of drug-likeness (QED) is 0.323. The fourth-order valence-corrected chi connectivity index (χ4v) is 6.27. The van der Waals surface area contributed by atoms with Crippen LogP contribution in [0.15, 0.2) is 41.2 Å². The molecule has 2 unspecified atom stereocenters. The van der Waals surface area contributed by atoms with Crippen molar-refractivity contribution in [3.05, 3.63) is 63.6 Å². The van der Waals surface area contributed by atoms with Crippen molar-refractivity contribution in [1.29, 1.82) is 0 Å². The number of anilines is 1. The third-order valence-electron chi connectivity index (χ3n) is 7.67. The number of benzene rings is 1. The number of rotatable bonds is 6. The number of carbonyl (C=O) groups excluding carboxylic acids is 1. The molecule has 2 aliphatic heterocycles. The summed E-state index contributed by atoms with van der Waals surface area (Å²) in [5.74, 6) is 1.11. The first-order chi connectivity index (χ1) is 18.7. The van der Waals surface area contributed by atoms with Crippen LogP contribution in [0.5, 0.6) is 0 Å². The Labute approximate surface area is 232 Å². The van der Waals surface area contributed by atoms with Crippen LogP contribution in [0.1, 0.15) is 61.3 Å². The van der Waals surface area contributed by atoms with E-state index >= 15 is 0 Å². The smallest absolute Gasteiger partial charge is 0.373 e.